The molecular formula is C15H22N2O. The Morgan fingerprint density at radius 2 is 1.89 bits per heavy atom. The van der Waals surface area contributed by atoms with Crippen LogP contribution < -0.4 is 11.1 Å². The average molecular weight is 246 g/mol. The average Bonchev–Trinajstić information content (AvgIpc) is 2.91. The van der Waals surface area contributed by atoms with Crippen molar-refractivity contribution in [2.45, 2.75) is 44.4 Å². The van der Waals surface area contributed by atoms with Crippen LogP contribution in [0.2, 0.25) is 0 Å². The van der Waals surface area contributed by atoms with E-state index >= 15 is 0 Å². The number of amides is 1. The number of nitrogens with one attached hydrogen (secondary N) is 1. The Labute approximate surface area is 109 Å². The second-order valence-corrected chi connectivity index (χ2v) is 5.04. The van der Waals surface area contributed by atoms with Gasteiger partial charge in [0.25, 0.3) is 0 Å². The maximum Gasteiger partial charge on any atom is 0.224 e. The minimum Gasteiger partial charge on any atom is -0.330 e. The molecule has 0 radical (unpaired) electrons. The van der Waals surface area contributed by atoms with Crippen molar-refractivity contribution in [3.05, 3.63) is 29.8 Å². The normalized spacial score (nSPS) is 15.8. The predicted molar refractivity (Wildman–Crippen MR) is 74.6 cm³/mol. The fourth-order valence-electron chi connectivity index (χ4n) is 2.58. The van der Waals surface area contributed by atoms with E-state index in [9.17, 15) is 4.79 Å². The third-order valence-corrected chi connectivity index (χ3v) is 3.63. The van der Waals surface area contributed by atoms with Crippen LogP contribution in [0.4, 0.5) is 5.69 Å². The first-order valence-electron chi connectivity index (χ1n) is 6.89. The second-order valence-electron chi connectivity index (χ2n) is 5.04. The van der Waals surface area contributed by atoms with Gasteiger partial charge in [-0.3, -0.25) is 4.79 Å². The third-order valence-electron chi connectivity index (χ3n) is 3.63. The van der Waals surface area contributed by atoms with Crippen molar-refractivity contribution in [2.75, 3.05) is 11.9 Å². The second kappa shape index (κ2) is 6.55. The summed E-state index contributed by atoms with van der Waals surface area (Å²) in [5, 5.41) is 2.90. The molecule has 1 aliphatic carbocycles. The molecule has 1 aromatic rings. The lowest BCUT2D eigenvalue weighted by Gasteiger charge is -2.10. The van der Waals surface area contributed by atoms with Crippen LogP contribution in [0.3, 0.4) is 0 Å². The van der Waals surface area contributed by atoms with Gasteiger partial charge < -0.3 is 11.1 Å². The Morgan fingerprint density at radius 1 is 1.22 bits per heavy atom. The summed E-state index contributed by atoms with van der Waals surface area (Å²) in [5.41, 5.74) is 7.68. The van der Waals surface area contributed by atoms with Crippen molar-refractivity contribution in [1.82, 2.24) is 0 Å². The zero-order chi connectivity index (χ0) is 12.8. The van der Waals surface area contributed by atoms with E-state index in [4.69, 9.17) is 5.73 Å². The summed E-state index contributed by atoms with van der Waals surface area (Å²) in [7, 11) is 0. The molecule has 0 saturated heterocycles. The van der Waals surface area contributed by atoms with Crippen LogP contribution in [-0.4, -0.2) is 12.5 Å². The van der Waals surface area contributed by atoms with Crippen LogP contribution in [0.1, 0.15) is 50.0 Å². The topological polar surface area (TPSA) is 55.1 Å². The number of anilines is 1. The molecule has 3 N–H and O–H groups in total. The number of carbonyl (C=O) groups is 1. The van der Waals surface area contributed by atoms with E-state index in [1.165, 1.54) is 31.2 Å². The summed E-state index contributed by atoms with van der Waals surface area (Å²) in [6.07, 6.45) is 6.56. The molecule has 0 atom stereocenters. The number of hydrogen-bond acceptors (Lipinski definition) is 2. The van der Waals surface area contributed by atoms with Gasteiger partial charge >= 0.3 is 0 Å². The highest BCUT2D eigenvalue weighted by molar-refractivity contribution is 5.90. The van der Waals surface area contributed by atoms with Crippen molar-refractivity contribution in [3.8, 4) is 0 Å². The van der Waals surface area contributed by atoms with Gasteiger partial charge in [0.1, 0.15) is 0 Å². The Kier molecular flexibility index (Phi) is 4.76. The maximum absolute atomic E-state index is 11.5. The molecule has 0 aromatic heterocycles. The van der Waals surface area contributed by atoms with Crippen LogP contribution in [0.15, 0.2) is 24.3 Å². The summed E-state index contributed by atoms with van der Waals surface area (Å²) >= 11 is 0. The Morgan fingerprint density at radius 3 is 2.50 bits per heavy atom. The quantitative estimate of drug-likeness (QED) is 0.839. The van der Waals surface area contributed by atoms with Crippen LogP contribution in [0, 0.1) is 0 Å². The lowest BCUT2D eigenvalue weighted by molar-refractivity contribution is -0.116. The lowest BCUT2D eigenvalue weighted by atomic mass is 9.97. The van der Waals surface area contributed by atoms with E-state index in [2.05, 4.69) is 17.4 Å². The van der Waals surface area contributed by atoms with Crippen LogP contribution in [0.25, 0.3) is 0 Å². The van der Waals surface area contributed by atoms with Gasteiger partial charge in [0, 0.05) is 12.1 Å². The van der Waals surface area contributed by atoms with Gasteiger partial charge in [-0.1, -0.05) is 25.0 Å². The molecule has 1 fully saturated rings. The predicted octanol–water partition coefficient (Wildman–Crippen LogP) is 3.02. The summed E-state index contributed by atoms with van der Waals surface area (Å²) in [6.45, 7) is 0.564. The van der Waals surface area contributed by atoms with Crippen molar-refractivity contribution in [3.63, 3.8) is 0 Å². The van der Waals surface area contributed by atoms with E-state index in [0.717, 1.165) is 18.0 Å². The minimum atomic E-state index is 0.0501. The van der Waals surface area contributed by atoms with E-state index in [-0.39, 0.29) is 5.91 Å². The Balaban J connectivity index is 1.88. The molecular weight excluding hydrogens is 224 g/mol. The highest BCUT2D eigenvalue weighted by Gasteiger charge is 2.16. The highest BCUT2D eigenvalue weighted by Crippen LogP contribution is 2.34. The monoisotopic (exact) mass is 246 g/mol. The summed E-state index contributed by atoms with van der Waals surface area (Å²) in [4.78, 5) is 11.5. The van der Waals surface area contributed by atoms with Gasteiger partial charge in [0.2, 0.25) is 5.91 Å². The number of benzene rings is 1. The first-order valence-corrected chi connectivity index (χ1v) is 6.89. The smallest absolute Gasteiger partial charge is 0.224 e. The fraction of sp³-hybridized carbons (Fsp3) is 0.533. The standard InChI is InChI=1S/C15H22N2O/c16-11-3-6-15(18)17-14-9-7-13(8-10-14)12-4-1-2-5-12/h7-10,12H,1-6,11,16H2,(H,17,18). The number of nitrogens with two attached hydrogens (primary N) is 1. The third kappa shape index (κ3) is 3.57. The first kappa shape index (κ1) is 13.1. The molecule has 0 spiro atoms. The molecule has 3 heteroatoms. The first-order chi connectivity index (χ1) is 8.79. The minimum absolute atomic E-state index is 0.0501. The van der Waals surface area contributed by atoms with E-state index in [1.54, 1.807) is 0 Å². The van der Waals surface area contributed by atoms with E-state index in [0.29, 0.717) is 13.0 Å². The Hall–Kier alpha value is -1.35. The van der Waals surface area contributed by atoms with Gasteiger partial charge in [-0.2, -0.15) is 0 Å². The largest absolute Gasteiger partial charge is 0.330 e. The SMILES string of the molecule is NCCCC(=O)Nc1ccc(C2CCCC2)cc1. The van der Waals surface area contributed by atoms with Crippen LogP contribution in [-0.2, 0) is 4.79 Å². The molecule has 2 rings (SSSR count). The molecule has 0 heterocycles. The molecule has 3 nitrogen and oxygen atoms in total. The molecule has 1 aliphatic rings. The summed E-state index contributed by atoms with van der Waals surface area (Å²) in [6, 6.07) is 8.31. The molecule has 0 bridgehead atoms. The van der Waals surface area contributed by atoms with Gasteiger partial charge in [0.05, 0.1) is 0 Å². The van der Waals surface area contributed by atoms with Crippen molar-refractivity contribution in [2.24, 2.45) is 5.73 Å². The van der Waals surface area contributed by atoms with Crippen LogP contribution >= 0.6 is 0 Å². The number of rotatable bonds is 5. The van der Waals surface area contributed by atoms with E-state index in [1.807, 2.05) is 12.1 Å². The van der Waals surface area contributed by atoms with Gasteiger partial charge in [0.15, 0.2) is 0 Å². The van der Waals surface area contributed by atoms with Crippen LogP contribution in [0.5, 0.6) is 0 Å². The summed E-state index contributed by atoms with van der Waals surface area (Å²) in [5.74, 6) is 0.779. The zero-order valence-corrected chi connectivity index (χ0v) is 10.8. The fourth-order valence-corrected chi connectivity index (χ4v) is 2.58. The summed E-state index contributed by atoms with van der Waals surface area (Å²) < 4.78 is 0. The number of hydrogen-bond donors (Lipinski definition) is 2. The molecule has 0 aliphatic heterocycles. The molecule has 1 amide bonds. The molecule has 0 unspecified atom stereocenters. The van der Waals surface area contributed by atoms with Gasteiger partial charge in [-0.05, 0) is 49.4 Å². The van der Waals surface area contributed by atoms with E-state index < -0.39 is 0 Å². The molecule has 1 aromatic carbocycles. The molecule has 1 saturated carbocycles. The Bertz CT molecular complexity index is 380. The lowest BCUT2D eigenvalue weighted by Crippen LogP contribution is -2.13. The van der Waals surface area contributed by atoms with Crippen molar-refractivity contribution >= 4 is 11.6 Å². The van der Waals surface area contributed by atoms with Crippen molar-refractivity contribution < 1.29 is 4.79 Å². The van der Waals surface area contributed by atoms with Gasteiger partial charge in [-0.25, -0.2) is 0 Å². The molecule has 98 valence electrons. The maximum atomic E-state index is 11.5. The van der Waals surface area contributed by atoms with Gasteiger partial charge in [-0.15, -0.1) is 0 Å². The number of carbonyl (C=O) groups excluding carboxylic acids is 1. The highest BCUT2D eigenvalue weighted by atomic mass is 16.1. The zero-order valence-electron chi connectivity index (χ0n) is 10.8. The van der Waals surface area contributed by atoms with Crippen molar-refractivity contribution in [1.29, 1.82) is 0 Å². The molecule has 18 heavy (non-hydrogen) atoms.